The Morgan fingerprint density at radius 1 is 1.55 bits per heavy atom. The summed E-state index contributed by atoms with van der Waals surface area (Å²) in [5.74, 6) is -1.63. The molecule has 0 fully saturated rings. The van der Waals surface area contributed by atoms with Gasteiger partial charge in [-0.1, -0.05) is 0 Å². The zero-order valence-electron chi connectivity index (χ0n) is 5.57. The van der Waals surface area contributed by atoms with Crippen LogP contribution >= 0.6 is 0 Å². The van der Waals surface area contributed by atoms with E-state index in [0.717, 1.165) is 7.05 Å². The van der Waals surface area contributed by atoms with Crippen molar-refractivity contribution in [2.45, 2.75) is 6.18 Å². The predicted molar refractivity (Wildman–Crippen MR) is 30.8 cm³/mol. The Bertz CT molecular complexity index is 185. The third kappa shape index (κ3) is 3.49. The average molecular weight is 169 g/mol. The van der Waals surface area contributed by atoms with E-state index in [4.69, 9.17) is 5.11 Å². The quantitative estimate of drug-likeness (QED) is 0.599. The van der Waals surface area contributed by atoms with Crippen molar-refractivity contribution in [2.75, 3.05) is 7.05 Å². The molecule has 0 aromatic carbocycles. The summed E-state index contributed by atoms with van der Waals surface area (Å²) in [6.45, 7) is 0. The lowest BCUT2D eigenvalue weighted by Gasteiger charge is -2.08. The maximum absolute atomic E-state index is 11.7. The van der Waals surface area contributed by atoms with Crippen LogP contribution in [0.3, 0.4) is 0 Å². The summed E-state index contributed by atoms with van der Waals surface area (Å²) < 4.78 is 35.1. The molecular formula is C5H6F3NO2. The van der Waals surface area contributed by atoms with E-state index in [2.05, 4.69) is 0 Å². The van der Waals surface area contributed by atoms with E-state index in [9.17, 15) is 18.0 Å². The van der Waals surface area contributed by atoms with Crippen LogP contribution < -0.4 is 5.32 Å². The molecule has 0 spiro atoms. The summed E-state index contributed by atoms with van der Waals surface area (Å²) in [7, 11) is 1.00. The van der Waals surface area contributed by atoms with Gasteiger partial charge in [-0.05, 0) is 0 Å². The lowest BCUT2D eigenvalue weighted by atomic mass is 10.4. The van der Waals surface area contributed by atoms with Crippen LogP contribution in [-0.4, -0.2) is 24.3 Å². The standard InChI is InChI=1S/C5H6F3NO2/c1-9-3(2-4(10)11)5(6,7)8/h2,9H,1H3,(H,10,11). The van der Waals surface area contributed by atoms with Gasteiger partial charge in [-0.3, -0.25) is 0 Å². The first kappa shape index (κ1) is 9.80. The topological polar surface area (TPSA) is 49.3 Å². The fourth-order valence-corrected chi connectivity index (χ4v) is 0.419. The van der Waals surface area contributed by atoms with Gasteiger partial charge >= 0.3 is 12.1 Å². The Balaban J connectivity index is 4.54. The maximum Gasteiger partial charge on any atom is 0.431 e. The molecule has 0 saturated carbocycles. The molecule has 0 heterocycles. The van der Waals surface area contributed by atoms with Gasteiger partial charge in [-0.15, -0.1) is 0 Å². The van der Waals surface area contributed by atoms with Crippen LogP contribution in [0.2, 0.25) is 0 Å². The van der Waals surface area contributed by atoms with Gasteiger partial charge in [0.15, 0.2) is 0 Å². The summed E-state index contributed by atoms with van der Waals surface area (Å²) in [5.41, 5.74) is -1.27. The molecule has 0 aliphatic carbocycles. The first-order valence-electron chi connectivity index (χ1n) is 2.57. The lowest BCUT2D eigenvalue weighted by molar-refractivity contribution is -0.132. The van der Waals surface area contributed by atoms with Gasteiger partial charge in [-0.2, -0.15) is 13.2 Å². The molecule has 0 unspecified atom stereocenters. The van der Waals surface area contributed by atoms with Gasteiger partial charge in [0.2, 0.25) is 0 Å². The van der Waals surface area contributed by atoms with Crippen LogP contribution in [0.1, 0.15) is 0 Å². The minimum Gasteiger partial charge on any atom is -0.478 e. The smallest absolute Gasteiger partial charge is 0.431 e. The van der Waals surface area contributed by atoms with Crippen molar-refractivity contribution in [3.63, 3.8) is 0 Å². The Morgan fingerprint density at radius 3 is 2.09 bits per heavy atom. The van der Waals surface area contributed by atoms with Gasteiger partial charge in [0.05, 0.1) is 6.08 Å². The summed E-state index contributed by atoms with van der Waals surface area (Å²) in [6, 6.07) is 0. The van der Waals surface area contributed by atoms with Crippen molar-refractivity contribution in [1.82, 2.24) is 5.32 Å². The Labute approximate surface area is 60.5 Å². The number of aliphatic carboxylic acids is 1. The number of allylic oxidation sites excluding steroid dienone is 1. The van der Waals surface area contributed by atoms with Crippen molar-refractivity contribution >= 4 is 5.97 Å². The number of halogens is 3. The minimum absolute atomic E-state index is 0.0694. The van der Waals surface area contributed by atoms with Crippen molar-refractivity contribution in [3.05, 3.63) is 11.8 Å². The van der Waals surface area contributed by atoms with Crippen molar-refractivity contribution < 1.29 is 23.1 Å². The van der Waals surface area contributed by atoms with Gasteiger partial charge in [-0.25, -0.2) is 4.79 Å². The molecule has 64 valence electrons. The Kier molecular flexibility index (Phi) is 2.91. The number of hydrogen-bond acceptors (Lipinski definition) is 2. The number of carbonyl (C=O) groups is 1. The predicted octanol–water partition coefficient (Wildman–Crippen LogP) is 0.737. The molecule has 0 aliphatic rings. The van der Waals surface area contributed by atoms with Crippen LogP contribution in [0.5, 0.6) is 0 Å². The van der Waals surface area contributed by atoms with Crippen LogP contribution in [0.15, 0.2) is 11.8 Å². The highest BCUT2D eigenvalue weighted by molar-refractivity contribution is 5.80. The number of carboxylic acids is 1. The van der Waals surface area contributed by atoms with Gasteiger partial charge < -0.3 is 10.4 Å². The van der Waals surface area contributed by atoms with Crippen LogP contribution in [0.25, 0.3) is 0 Å². The van der Waals surface area contributed by atoms with Crippen LogP contribution in [0, 0.1) is 0 Å². The van der Waals surface area contributed by atoms with Crippen molar-refractivity contribution in [3.8, 4) is 0 Å². The van der Waals surface area contributed by atoms with E-state index in [-0.39, 0.29) is 6.08 Å². The molecule has 0 amide bonds. The molecule has 3 nitrogen and oxygen atoms in total. The molecule has 0 saturated heterocycles. The Hall–Kier alpha value is -1.20. The molecule has 0 aromatic heterocycles. The van der Waals surface area contributed by atoms with E-state index >= 15 is 0 Å². The minimum atomic E-state index is -4.63. The van der Waals surface area contributed by atoms with Gasteiger partial charge in [0.25, 0.3) is 0 Å². The number of alkyl halides is 3. The number of rotatable bonds is 2. The van der Waals surface area contributed by atoms with E-state index in [1.807, 2.05) is 0 Å². The SMILES string of the molecule is CNC(=CC(=O)O)C(F)(F)F. The lowest BCUT2D eigenvalue weighted by Crippen LogP contribution is -2.24. The summed E-state index contributed by atoms with van der Waals surface area (Å²) in [6.07, 6.45) is -4.56. The average Bonchev–Trinajstić information content (AvgIpc) is 1.79. The molecule has 2 N–H and O–H groups in total. The first-order valence-corrected chi connectivity index (χ1v) is 2.57. The van der Waals surface area contributed by atoms with Gasteiger partial charge in [0, 0.05) is 7.05 Å². The molecule has 0 bridgehead atoms. The molecule has 0 atom stereocenters. The molecule has 0 aromatic rings. The number of hydrogen-bond donors (Lipinski definition) is 2. The van der Waals surface area contributed by atoms with E-state index < -0.39 is 17.8 Å². The molecule has 0 aliphatic heterocycles. The molecule has 11 heavy (non-hydrogen) atoms. The van der Waals surface area contributed by atoms with Crippen molar-refractivity contribution in [1.29, 1.82) is 0 Å². The first-order chi connectivity index (χ1) is 4.88. The normalized spacial score (nSPS) is 12.9. The highest BCUT2D eigenvalue weighted by Gasteiger charge is 2.33. The third-order valence-electron chi connectivity index (χ3n) is 0.843. The maximum atomic E-state index is 11.7. The Morgan fingerprint density at radius 2 is 2.00 bits per heavy atom. The van der Waals surface area contributed by atoms with Crippen LogP contribution in [-0.2, 0) is 4.79 Å². The monoisotopic (exact) mass is 169 g/mol. The van der Waals surface area contributed by atoms with Crippen molar-refractivity contribution in [2.24, 2.45) is 0 Å². The van der Waals surface area contributed by atoms with E-state index in [1.54, 1.807) is 5.32 Å². The fourth-order valence-electron chi connectivity index (χ4n) is 0.419. The second-order valence-electron chi connectivity index (χ2n) is 1.64. The van der Waals surface area contributed by atoms with E-state index in [0.29, 0.717) is 0 Å². The van der Waals surface area contributed by atoms with Gasteiger partial charge in [0.1, 0.15) is 5.70 Å². The number of nitrogens with one attached hydrogen (secondary N) is 1. The highest BCUT2D eigenvalue weighted by Crippen LogP contribution is 2.22. The molecule has 0 rings (SSSR count). The zero-order valence-corrected chi connectivity index (χ0v) is 5.57. The second kappa shape index (κ2) is 3.27. The second-order valence-corrected chi connectivity index (χ2v) is 1.64. The summed E-state index contributed by atoms with van der Waals surface area (Å²) >= 11 is 0. The number of carboxylic acid groups (broad SMARTS) is 1. The zero-order chi connectivity index (χ0) is 9.07. The molecule has 6 heteroatoms. The summed E-state index contributed by atoms with van der Waals surface area (Å²) in [4.78, 5) is 9.80. The third-order valence-corrected chi connectivity index (χ3v) is 0.843. The van der Waals surface area contributed by atoms with E-state index in [1.165, 1.54) is 0 Å². The van der Waals surface area contributed by atoms with Crippen LogP contribution in [0.4, 0.5) is 13.2 Å². The largest absolute Gasteiger partial charge is 0.478 e. The molecule has 0 radical (unpaired) electrons. The fraction of sp³-hybridized carbons (Fsp3) is 0.400. The molecular weight excluding hydrogens is 163 g/mol. The highest BCUT2D eigenvalue weighted by atomic mass is 19.4. The summed E-state index contributed by atoms with van der Waals surface area (Å²) in [5, 5.41) is 9.69.